The third-order valence-corrected chi connectivity index (χ3v) is 4.39. The van der Waals surface area contributed by atoms with Crippen molar-refractivity contribution in [1.29, 1.82) is 0 Å². The number of rotatable bonds is 9. The van der Waals surface area contributed by atoms with Gasteiger partial charge in [0.2, 0.25) is 0 Å². The maximum absolute atomic E-state index is 5.79. The highest BCUT2D eigenvalue weighted by molar-refractivity contribution is 14.1. The molecule has 0 N–H and O–H groups in total. The molecule has 0 aliphatic heterocycles. The van der Waals surface area contributed by atoms with Crippen LogP contribution in [0, 0.1) is 5.92 Å². The first-order valence-electron chi connectivity index (χ1n) is 7.18. The Kier molecular flexibility index (Phi) is 7.78. The second kappa shape index (κ2) is 9.92. The SMILES string of the molecule is ICC(COCc1ccccc1)COCc1ccccc1. The van der Waals surface area contributed by atoms with Crippen molar-refractivity contribution in [3.63, 3.8) is 0 Å². The van der Waals surface area contributed by atoms with E-state index in [2.05, 4.69) is 46.9 Å². The van der Waals surface area contributed by atoms with Crippen LogP contribution < -0.4 is 0 Å². The minimum Gasteiger partial charge on any atom is -0.376 e. The van der Waals surface area contributed by atoms with Gasteiger partial charge in [0.1, 0.15) is 0 Å². The maximum Gasteiger partial charge on any atom is 0.0717 e. The van der Waals surface area contributed by atoms with Gasteiger partial charge >= 0.3 is 0 Å². The summed E-state index contributed by atoms with van der Waals surface area (Å²) in [6.45, 7) is 2.83. The molecule has 0 fully saturated rings. The molecule has 0 amide bonds. The number of benzene rings is 2. The number of halogens is 1. The van der Waals surface area contributed by atoms with Gasteiger partial charge in [-0.05, 0) is 11.1 Å². The third-order valence-electron chi connectivity index (χ3n) is 3.15. The second-order valence-electron chi connectivity index (χ2n) is 5.02. The van der Waals surface area contributed by atoms with E-state index < -0.39 is 0 Å². The Labute approximate surface area is 140 Å². The monoisotopic (exact) mass is 396 g/mol. The lowest BCUT2D eigenvalue weighted by molar-refractivity contribution is 0.0361. The van der Waals surface area contributed by atoms with Crippen LogP contribution >= 0.6 is 22.6 Å². The van der Waals surface area contributed by atoms with Gasteiger partial charge in [-0.25, -0.2) is 0 Å². The molecule has 0 radical (unpaired) electrons. The van der Waals surface area contributed by atoms with Crippen LogP contribution in [0.5, 0.6) is 0 Å². The number of ether oxygens (including phenoxy) is 2. The zero-order valence-electron chi connectivity index (χ0n) is 12.1. The second-order valence-corrected chi connectivity index (χ2v) is 5.90. The zero-order chi connectivity index (χ0) is 14.8. The predicted octanol–water partition coefficient (Wildman–Crippen LogP) is 4.47. The van der Waals surface area contributed by atoms with Crippen molar-refractivity contribution in [3.8, 4) is 0 Å². The summed E-state index contributed by atoms with van der Waals surface area (Å²) in [4.78, 5) is 0. The Bertz CT molecular complexity index is 442. The molecule has 3 heteroatoms. The molecule has 0 saturated heterocycles. The van der Waals surface area contributed by atoms with Crippen LogP contribution in [0.1, 0.15) is 11.1 Å². The molecule has 0 aliphatic rings. The Morgan fingerprint density at radius 2 is 1.14 bits per heavy atom. The maximum atomic E-state index is 5.79. The first-order chi connectivity index (χ1) is 10.4. The summed E-state index contributed by atoms with van der Waals surface area (Å²) >= 11 is 2.40. The van der Waals surface area contributed by atoms with E-state index in [1.54, 1.807) is 0 Å². The average molecular weight is 396 g/mol. The molecule has 0 unspecified atom stereocenters. The van der Waals surface area contributed by atoms with Crippen LogP contribution in [0.25, 0.3) is 0 Å². The van der Waals surface area contributed by atoms with Crippen molar-refractivity contribution >= 4 is 22.6 Å². The Hall–Kier alpha value is -0.910. The summed E-state index contributed by atoms with van der Waals surface area (Å²) in [5, 5.41) is 0. The highest BCUT2D eigenvalue weighted by Gasteiger charge is 2.08. The summed E-state index contributed by atoms with van der Waals surface area (Å²) in [6.07, 6.45) is 0. The fourth-order valence-electron chi connectivity index (χ4n) is 1.97. The largest absolute Gasteiger partial charge is 0.376 e. The van der Waals surface area contributed by atoms with Crippen molar-refractivity contribution < 1.29 is 9.47 Å². The van der Waals surface area contributed by atoms with E-state index in [1.165, 1.54) is 11.1 Å². The summed E-state index contributed by atoms with van der Waals surface area (Å²) < 4.78 is 12.6. The highest BCUT2D eigenvalue weighted by atomic mass is 127. The molecular weight excluding hydrogens is 375 g/mol. The lowest BCUT2D eigenvalue weighted by Crippen LogP contribution is -2.17. The number of hydrogen-bond acceptors (Lipinski definition) is 2. The topological polar surface area (TPSA) is 18.5 Å². The summed E-state index contributed by atoms with van der Waals surface area (Å²) in [6, 6.07) is 20.6. The molecule has 2 rings (SSSR count). The smallest absolute Gasteiger partial charge is 0.0717 e. The quantitative estimate of drug-likeness (QED) is 0.460. The van der Waals surface area contributed by atoms with Crippen molar-refractivity contribution in [2.24, 2.45) is 5.92 Å². The van der Waals surface area contributed by atoms with E-state index in [0.717, 1.165) is 17.6 Å². The fraction of sp³-hybridized carbons (Fsp3) is 0.333. The van der Waals surface area contributed by atoms with Crippen LogP contribution in [0.4, 0.5) is 0 Å². The first-order valence-corrected chi connectivity index (χ1v) is 8.70. The van der Waals surface area contributed by atoms with Gasteiger partial charge in [-0.15, -0.1) is 0 Å². The minimum absolute atomic E-state index is 0.443. The lowest BCUT2D eigenvalue weighted by atomic mass is 10.2. The van der Waals surface area contributed by atoms with Crippen LogP contribution in [0.2, 0.25) is 0 Å². The predicted molar refractivity (Wildman–Crippen MR) is 94.6 cm³/mol. The van der Waals surface area contributed by atoms with E-state index in [4.69, 9.17) is 9.47 Å². The van der Waals surface area contributed by atoms with Crippen LogP contribution in [0.3, 0.4) is 0 Å². The van der Waals surface area contributed by atoms with Crippen molar-refractivity contribution in [3.05, 3.63) is 71.8 Å². The van der Waals surface area contributed by atoms with Crippen molar-refractivity contribution in [1.82, 2.24) is 0 Å². The molecule has 0 spiro atoms. The van der Waals surface area contributed by atoms with Gasteiger partial charge in [0, 0.05) is 10.3 Å². The van der Waals surface area contributed by atoms with Gasteiger partial charge in [-0.2, -0.15) is 0 Å². The van der Waals surface area contributed by atoms with Crippen molar-refractivity contribution in [2.45, 2.75) is 13.2 Å². The van der Waals surface area contributed by atoms with E-state index in [9.17, 15) is 0 Å². The molecule has 0 atom stereocenters. The average Bonchev–Trinajstić information content (AvgIpc) is 2.55. The van der Waals surface area contributed by atoms with Gasteiger partial charge in [-0.1, -0.05) is 83.3 Å². The lowest BCUT2D eigenvalue weighted by Gasteiger charge is -2.15. The summed E-state index contributed by atoms with van der Waals surface area (Å²) in [5.74, 6) is 0.443. The highest BCUT2D eigenvalue weighted by Crippen LogP contribution is 2.09. The van der Waals surface area contributed by atoms with Crippen LogP contribution in [-0.4, -0.2) is 17.6 Å². The van der Waals surface area contributed by atoms with E-state index in [0.29, 0.717) is 19.1 Å². The minimum atomic E-state index is 0.443. The van der Waals surface area contributed by atoms with Gasteiger partial charge in [0.15, 0.2) is 0 Å². The number of alkyl halides is 1. The van der Waals surface area contributed by atoms with Crippen LogP contribution in [0.15, 0.2) is 60.7 Å². The molecule has 0 aliphatic carbocycles. The number of hydrogen-bond donors (Lipinski definition) is 0. The van der Waals surface area contributed by atoms with Gasteiger partial charge in [0.25, 0.3) is 0 Å². The molecule has 112 valence electrons. The Morgan fingerprint density at radius 1 is 0.714 bits per heavy atom. The molecule has 0 bridgehead atoms. The standard InChI is InChI=1S/C18H21IO2/c19-11-18(14-20-12-16-7-3-1-4-8-16)15-21-13-17-9-5-2-6-10-17/h1-10,18H,11-15H2. The molecule has 0 heterocycles. The molecular formula is C18H21IO2. The third kappa shape index (κ3) is 6.59. The first kappa shape index (κ1) is 16.5. The summed E-state index contributed by atoms with van der Waals surface area (Å²) in [7, 11) is 0. The molecule has 21 heavy (non-hydrogen) atoms. The fourth-order valence-corrected chi connectivity index (χ4v) is 2.48. The molecule has 2 aromatic carbocycles. The zero-order valence-corrected chi connectivity index (χ0v) is 14.2. The Balaban J connectivity index is 1.64. The molecule has 2 nitrogen and oxygen atoms in total. The van der Waals surface area contributed by atoms with Crippen molar-refractivity contribution in [2.75, 3.05) is 17.6 Å². The van der Waals surface area contributed by atoms with E-state index in [-0.39, 0.29) is 0 Å². The van der Waals surface area contributed by atoms with E-state index in [1.807, 2.05) is 36.4 Å². The van der Waals surface area contributed by atoms with Gasteiger partial charge in [-0.3, -0.25) is 0 Å². The molecule has 0 saturated carbocycles. The Morgan fingerprint density at radius 3 is 1.52 bits per heavy atom. The van der Waals surface area contributed by atoms with E-state index >= 15 is 0 Å². The van der Waals surface area contributed by atoms with Crippen LogP contribution in [-0.2, 0) is 22.7 Å². The van der Waals surface area contributed by atoms with Gasteiger partial charge in [0.05, 0.1) is 26.4 Å². The molecule has 2 aromatic rings. The normalized spacial score (nSPS) is 11.0. The van der Waals surface area contributed by atoms with Gasteiger partial charge < -0.3 is 9.47 Å². The molecule has 0 aromatic heterocycles. The summed E-state index contributed by atoms with van der Waals surface area (Å²) in [5.41, 5.74) is 2.44.